The quantitative estimate of drug-likeness (QED) is 0.118. The lowest BCUT2D eigenvalue weighted by Gasteiger charge is -2.02. The number of aryl methyl sites for hydroxylation is 2. The van der Waals surface area contributed by atoms with Crippen LogP contribution in [0, 0.1) is 0 Å². The standard InChI is InChI=1S/C34H38N4/c1(3-5-7-13-21-37-23-19-29-27-15-9-11-17-31(27)35-33(29)25-37)2-4-6-8-14-22-38-24-20-30-28-16-10-12-18-32(28)36-34(30)26-38/h9-12,15-20,23-26H,1-8,13-14,21-22H2/p+2. The van der Waals surface area contributed by atoms with E-state index < -0.39 is 0 Å². The van der Waals surface area contributed by atoms with E-state index in [0.29, 0.717) is 0 Å². The normalized spacial score (nSPS) is 11.9. The van der Waals surface area contributed by atoms with Crippen LogP contribution in [0.4, 0.5) is 0 Å². The van der Waals surface area contributed by atoms with Crippen LogP contribution >= 0.6 is 0 Å². The zero-order valence-corrected chi connectivity index (χ0v) is 22.5. The molecule has 0 aliphatic rings. The van der Waals surface area contributed by atoms with Gasteiger partial charge in [0.15, 0.2) is 24.8 Å². The summed E-state index contributed by atoms with van der Waals surface area (Å²) in [6.07, 6.45) is 22.5. The maximum atomic E-state index is 3.56. The molecule has 38 heavy (non-hydrogen) atoms. The number of unbranched alkanes of at least 4 members (excludes halogenated alkanes) is 9. The van der Waals surface area contributed by atoms with Gasteiger partial charge in [0.1, 0.15) is 24.1 Å². The first-order valence-electron chi connectivity index (χ1n) is 14.6. The second-order valence-corrected chi connectivity index (χ2v) is 10.9. The Bertz CT molecular complexity index is 1520. The molecule has 0 aliphatic heterocycles. The van der Waals surface area contributed by atoms with Gasteiger partial charge in [0, 0.05) is 57.6 Å². The molecule has 4 aromatic heterocycles. The van der Waals surface area contributed by atoms with Crippen LogP contribution in [0.25, 0.3) is 43.6 Å². The molecule has 4 nitrogen and oxygen atoms in total. The van der Waals surface area contributed by atoms with Crippen molar-refractivity contribution in [3.05, 3.63) is 85.5 Å². The summed E-state index contributed by atoms with van der Waals surface area (Å²) in [6.45, 7) is 2.22. The fourth-order valence-corrected chi connectivity index (χ4v) is 5.97. The van der Waals surface area contributed by atoms with Crippen molar-refractivity contribution in [2.45, 2.75) is 77.3 Å². The molecule has 0 unspecified atom stereocenters. The Hall–Kier alpha value is -3.66. The average molecular weight is 505 g/mol. The molecule has 2 aromatic carbocycles. The minimum atomic E-state index is 1.11. The van der Waals surface area contributed by atoms with Crippen LogP contribution in [0.2, 0.25) is 0 Å². The Morgan fingerprint density at radius 3 is 1.21 bits per heavy atom. The molecule has 0 amide bonds. The summed E-state index contributed by atoms with van der Waals surface area (Å²) in [7, 11) is 0. The van der Waals surface area contributed by atoms with Gasteiger partial charge in [-0.1, -0.05) is 74.9 Å². The number of benzene rings is 2. The van der Waals surface area contributed by atoms with Crippen molar-refractivity contribution >= 4 is 43.6 Å². The Morgan fingerprint density at radius 2 is 0.763 bits per heavy atom. The number of rotatable bonds is 13. The zero-order chi connectivity index (χ0) is 25.6. The average Bonchev–Trinajstić information content (AvgIpc) is 3.51. The van der Waals surface area contributed by atoms with Gasteiger partial charge in [-0.3, -0.25) is 0 Å². The highest BCUT2D eigenvalue weighted by molar-refractivity contribution is 6.07. The van der Waals surface area contributed by atoms with E-state index in [-0.39, 0.29) is 0 Å². The highest BCUT2D eigenvalue weighted by Gasteiger charge is 2.10. The van der Waals surface area contributed by atoms with Crippen LogP contribution in [0.3, 0.4) is 0 Å². The molecule has 0 saturated heterocycles. The summed E-state index contributed by atoms with van der Waals surface area (Å²) in [4.78, 5) is 7.11. The molecular weight excluding hydrogens is 464 g/mol. The zero-order valence-electron chi connectivity index (χ0n) is 22.5. The van der Waals surface area contributed by atoms with E-state index in [4.69, 9.17) is 0 Å². The molecule has 6 rings (SSSR count). The number of aromatic amines is 2. The molecule has 0 saturated carbocycles. The van der Waals surface area contributed by atoms with Crippen molar-refractivity contribution < 1.29 is 9.13 Å². The number of para-hydroxylation sites is 2. The summed E-state index contributed by atoms with van der Waals surface area (Å²) in [5, 5.41) is 5.28. The van der Waals surface area contributed by atoms with Crippen LogP contribution in [0.1, 0.15) is 64.2 Å². The highest BCUT2D eigenvalue weighted by atomic mass is 14.9. The summed E-state index contributed by atoms with van der Waals surface area (Å²) in [5.41, 5.74) is 4.93. The number of nitrogens with zero attached hydrogens (tertiary/aromatic N) is 2. The molecule has 0 bridgehead atoms. The van der Waals surface area contributed by atoms with E-state index in [2.05, 4.69) is 105 Å². The van der Waals surface area contributed by atoms with Crippen molar-refractivity contribution in [1.82, 2.24) is 9.97 Å². The predicted octanol–water partition coefficient (Wildman–Crippen LogP) is 8.13. The molecule has 194 valence electrons. The van der Waals surface area contributed by atoms with Crippen LogP contribution in [0.5, 0.6) is 0 Å². The Labute approximate surface area is 225 Å². The van der Waals surface area contributed by atoms with Gasteiger partial charge in [0.25, 0.3) is 0 Å². The monoisotopic (exact) mass is 504 g/mol. The summed E-state index contributed by atoms with van der Waals surface area (Å²) < 4.78 is 4.68. The van der Waals surface area contributed by atoms with Gasteiger partial charge in [-0.05, 0) is 25.0 Å². The Kier molecular flexibility index (Phi) is 7.66. The van der Waals surface area contributed by atoms with Crippen molar-refractivity contribution in [3.63, 3.8) is 0 Å². The third-order valence-electron chi connectivity index (χ3n) is 8.09. The van der Waals surface area contributed by atoms with Crippen molar-refractivity contribution in [2.24, 2.45) is 0 Å². The second-order valence-electron chi connectivity index (χ2n) is 10.9. The maximum absolute atomic E-state index is 3.56. The summed E-state index contributed by atoms with van der Waals surface area (Å²) >= 11 is 0. The van der Waals surface area contributed by atoms with Gasteiger partial charge in [-0.15, -0.1) is 0 Å². The molecule has 4 heteroatoms. The maximum Gasteiger partial charge on any atom is 0.193 e. The van der Waals surface area contributed by atoms with Gasteiger partial charge >= 0.3 is 0 Å². The predicted molar refractivity (Wildman–Crippen MR) is 158 cm³/mol. The van der Waals surface area contributed by atoms with Crippen molar-refractivity contribution in [3.8, 4) is 0 Å². The third kappa shape index (κ3) is 5.60. The molecule has 0 radical (unpaired) electrons. The van der Waals surface area contributed by atoms with Gasteiger partial charge in [-0.2, -0.15) is 0 Å². The topological polar surface area (TPSA) is 39.3 Å². The number of nitrogens with one attached hydrogen (secondary N) is 2. The number of hydrogen-bond donors (Lipinski definition) is 2. The SMILES string of the molecule is c1ccc2c(c1)[nH]c1c[n+](CCCCCCCCCCCC[n+]3ccc4c(c3)[nH]c3ccccc34)ccc12. The fourth-order valence-electron chi connectivity index (χ4n) is 5.97. The van der Waals surface area contributed by atoms with Gasteiger partial charge in [0.2, 0.25) is 0 Å². The lowest BCUT2D eigenvalue weighted by molar-refractivity contribution is -0.696. The number of H-pyrrole nitrogens is 2. The van der Waals surface area contributed by atoms with E-state index in [0.717, 1.165) is 13.1 Å². The van der Waals surface area contributed by atoms with Crippen molar-refractivity contribution in [1.29, 1.82) is 0 Å². The van der Waals surface area contributed by atoms with Crippen LogP contribution in [-0.4, -0.2) is 9.97 Å². The van der Waals surface area contributed by atoms with Crippen molar-refractivity contribution in [2.75, 3.05) is 0 Å². The number of aromatic nitrogens is 4. The summed E-state index contributed by atoms with van der Waals surface area (Å²) in [5.74, 6) is 0. The van der Waals surface area contributed by atoms with Gasteiger partial charge < -0.3 is 9.97 Å². The van der Waals surface area contributed by atoms with E-state index in [1.807, 2.05) is 0 Å². The van der Waals surface area contributed by atoms with Crippen LogP contribution in [-0.2, 0) is 13.1 Å². The number of fused-ring (bicyclic) bond motifs is 6. The third-order valence-corrected chi connectivity index (χ3v) is 8.09. The van der Waals surface area contributed by atoms with E-state index in [9.17, 15) is 0 Å². The Balaban J connectivity index is 0.820. The smallest absolute Gasteiger partial charge is 0.193 e. The Morgan fingerprint density at radius 1 is 0.395 bits per heavy atom. The molecule has 4 heterocycles. The van der Waals surface area contributed by atoms with Gasteiger partial charge in [-0.25, -0.2) is 9.13 Å². The number of pyridine rings is 2. The van der Waals surface area contributed by atoms with E-state index in [1.165, 1.54) is 108 Å². The van der Waals surface area contributed by atoms with Crippen LogP contribution in [0.15, 0.2) is 85.5 Å². The van der Waals surface area contributed by atoms with E-state index in [1.54, 1.807) is 0 Å². The molecule has 6 aromatic rings. The highest BCUT2D eigenvalue weighted by Crippen LogP contribution is 2.24. The molecule has 0 spiro atoms. The van der Waals surface area contributed by atoms with Gasteiger partial charge in [0.05, 0.1) is 0 Å². The summed E-state index contributed by atoms with van der Waals surface area (Å²) in [6, 6.07) is 21.7. The van der Waals surface area contributed by atoms with Crippen LogP contribution < -0.4 is 9.13 Å². The molecule has 0 aliphatic carbocycles. The largest absolute Gasteiger partial charge is 0.350 e. The molecule has 0 atom stereocenters. The first-order valence-corrected chi connectivity index (χ1v) is 14.6. The first kappa shape index (κ1) is 24.7. The molecule has 0 fully saturated rings. The fraction of sp³-hybridized carbons (Fsp3) is 0.353. The minimum Gasteiger partial charge on any atom is -0.350 e. The van der Waals surface area contributed by atoms with E-state index >= 15 is 0 Å². The minimum absolute atomic E-state index is 1.11. The lowest BCUT2D eigenvalue weighted by Crippen LogP contribution is -2.32. The first-order chi connectivity index (χ1) is 18.8. The lowest BCUT2D eigenvalue weighted by atomic mass is 10.1. The molecule has 2 N–H and O–H groups in total. The number of hydrogen-bond acceptors (Lipinski definition) is 0. The molecular formula is C34H40N4+2. The second kappa shape index (κ2) is 11.8.